The summed E-state index contributed by atoms with van der Waals surface area (Å²) in [5.74, 6) is 1.79. The number of tetrazole rings is 1. The first-order valence-electron chi connectivity index (χ1n) is 4.59. The van der Waals surface area contributed by atoms with Crippen LogP contribution in [0, 0.1) is 0 Å². The van der Waals surface area contributed by atoms with Gasteiger partial charge in [0.25, 0.3) is 0 Å². The Hall–Kier alpha value is -1.30. The van der Waals surface area contributed by atoms with Gasteiger partial charge in [-0.15, -0.1) is 5.10 Å². The number of hydrogen-bond acceptors (Lipinski definition) is 4. The van der Waals surface area contributed by atoms with Crippen LogP contribution >= 0.6 is 15.9 Å². The van der Waals surface area contributed by atoms with Crippen LogP contribution in [0.15, 0.2) is 22.8 Å². The van der Waals surface area contributed by atoms with Crippen molar-refractivity contribution >= 4 is 15.9 Å². The van der Waals surface area contributed by atoms with Crippen LogP contribution in [-0.2, 0) is 0 Å². The highest BCUT2D eigenvalue weighted by molar-refractivity contribution is 9.10. The summed E-state index contributed by atoms with van der Waals surface area (Å²) in [5.41, 5.74) is 0. The maximum Gasteiger partial charge on any atom is 0.161 e. The van der Waals surface area contributed by atoms with Gasteiger partial charge >= 0.3 is 0 Å². The van der Waals surface area contributed by atoms with Gasteiger partial charge in [-0.3, -0.25) is 0 Å². The average molecular weight is 268 g/mol. The van der Waals surface area contributed by atoms with E-state index in [1.54, 1.807) is 4.68 Å². The minimum absolute atomic E-state index is 0.265. The molecule has 0 saturated heterocycles. The molecule has 0 aliphatic heterocycles. The van der Waals surface area contributed by atoms with Crippen molar-refractivity contribution in [3.63, 3.8) is 0 Å². The lowest BCUT2D eigenvalue weighted by Crippen LogP contribution is -2.06. The van der Waals surface area contributed by atoms with Crippen molar-refractivity contribution in [3.05, 3.63) is 28.6 Å². The number of pyridine rings is 1. The Morgan fingerprint density at radius 2 is 2.13 bits per heavy atom. The van der Waals surface area contributed by atoms with E-state index in [-0.39, 0.29) is 5.92 Å². The Labute approximate surface area is 95.7 Å². The molecule has 78 valence electrons. The number of hydrogen-bond donors (Lipinski definition) is 0. The quantitative estimate of drug-likeness (QED) is 0.781. The fourth-order valence-electron chi connectivity index (χ4n) is 1.23. The zero-order valence-electron chi connectivity index (χ0n) is 8.42. The SMILES string of the molecule is CC(C)c1nnnn1-c1cccc(Br)n1. The van der Waals surface area contributed by atoms with E-state index < -0.39 is 0 Å². The average Bonchev–Trinajstić information content (AvgIpc) is 2.65. The van der Waals surface area contributed by atoms with Crippen LogP contribution in [0.25, 0.3) is 5.82 Å². The minimum atomic E-state index is 0.265. The molecule has 2 aromatic rings. The van der Waals surface area contributed by atoms with Crippen LogP contribution < -0.4 is 0 Å². The van der Waals surface area contributed by atoms with Gasteiger partial charge in [0.05, 0.1) is 0 Å². The Morgan fingerprint density at radius 3 is 2.80 bits per heavy atom. The molecule has 2 aromatic heterocycles. The molecular formula is C9H10BrN5. The highest BCUT2D eigenvalue weighted by Gasteiger charge is 2.12. The van der Waals surface area contributed by atoms with Crippen molar-refractivity contribution < 1.29 is 0 Å². The van der Waals surface area contributed by atoms with Gasteiger partial charge < -0.3 is 0 Å². The topological polar surface area (TPSA) is 56.5 Å². The summed E-state index contributed by atoms with van der Waals surface area (Å²) in [6.45, 7) is 4.08. The molecule has 0 aliphatic carbocycles. The third-order valence-electron chi connectivity index (χ3n) is 1.93. The molecule has 0 fully saturated rings. The Kier molecular flexibility index (Phi) is 2.77. The molecule has 0 saturated carbocycles. The molecule has 0 aromatic carbocycles. The van der Waals surface area contributed by atoms with E-state index in [0.29, 0.717) is 0 Å². The summed E-state index contributed by atoms with van der Waals surface area (Å²) in [6, 6.07) is 5.63. The van der Waals surface area contributed by atoms with Gasteiger partial charge in [0.15, 0.2) is 11.6 Å². The summed E-state index contributed by atoms with van der Waals surface area (Å²) in [6.07, 6.45) is 0. The lowest BCUT2D eigenvalue weighted by Gasteiger charge is -2.05. The van der Waals surface area contributed by atoms with Crippen molar-refractivity contribution in [1.29, 1.82) is 0 Å². The van der Waals surface area contributed by atoms with Crippen LogP contribution in [-0.4, -0.2) is 25.2 Å². The Morgan fingerprint density at radius 1 is 1.33 bits per heavy atom. The summed E-state index contributed by atoms with van der Waals surface area (Å²) >= 11 is 3.32. The fourth-order valence-corrected chi connectivity index (χ4v) is 1.57. The van der Waals surface area contributed by atoms with Crippen LogP contribution in [0.5, 0.6) is 0 Å². The minimum Gasteiger partial charge on any atom is -0.222 e. The van der Waals surface area contributed by atoms with Gasteiger partial charge in [0.2, 0.25) is 0 Å². The van der Waals surface area contributed by atoms with Crippen LogP contribution in [0.1, 0.15) is 25.6 Å². The monoisotopic (exact) mass is 267 g/mol. The van der Waals surface area contributed by atoms with Crippen LogP contribution in [0.4, 0.5) is 0 Å². The second-order valence-electron chi connectivity index (χ2n) is 3.42. The Bertz CT molecular complexity index is 465. The predicted octanol–water partition coefficient (Wildman–Crippen LogP) is 1.94. The Balaban J connectivity index is 2.49. The summed E-state index contributed by atoms with van der Waals surface area (Å²) in [7, 11) is 0. The molecule has 0 N–H and O–H groups in total. The van der Waals surface area contributed by atoms with E-state index in [9.17, 15) is 0 Å². The van der Waals surface area contributed by atoms with Crippen molar-refractivity contribution in [2.24, 2.45) is 0 Å². The molecule has 0 spiro atoms. The van der Waals surface area contributed by atoms with Crippen molar-refractivity contribution in [1.82, 2.24) is 25.2 Å². The van der Waals surface area contributed by atoms with Gasteiger partial charge in [0.1, 0.15) is 4.60 Å². The van der Waals surface area contributed by atoms with E-state index in [4.69, 9.17) is 0 Å². The van der Waals surface area contributed by atoms with Gasteiger partial charge in [-0.05, 0) is 38.5 Å². The molecule has 15 heavy (non-hydrogen) atoms. The first-order chi connectivity index (χ1) is 7.18. The summed E-state index contributed by atoms with van der Waals surface area (Å²) < 4.78 is 2.42. The van der Waals surface area contributed by atoms with E-state index >= 15 is 0 Å². The third-order valence-corrected chi connectivity index (χ3v) is 2.37. The van der Waals surface area contributed by atoms with Crippen molar-refractivity contribution in [2.75, 3.05) is 0 Å². The fraction of sp³-hybridized carbons (Fsp3) is 0.333. The highest BCUT2D eigenvalue weighted by atomic mass is 79.9. The lowest BCUT2D eigenvalue weighted by molar-refractivity contribution is 0.696. The summed E-state index contributed by atoms with van der Waals surface area (Å²) in [4.78, 5) is 4.30. The maximum atomic E-state index is 4.30. The van der Waals surface area contributed by atoms with E-state index in [0.717, 1.165) is 16.2 Å². The van der Waals surface area contributed by atoms with E-state index in [2.05, 4.69) is 36.4 Å². The lowest BCUT2D eigenvalue weighted by atomic mass is 10.2. The van der Waals surface area contributed by atoms with Gasteiger partial charge in [-0.25, -0.2) is 4.98 Å². The number of aromatic nitrogens is 5. The predicted molar refractivity (Wildman–Crippen MR) is 58.7 cm³/mol. The third kappa shape index (κ3) is 2.04. The van der Waals surface area contributed by atoms with Gasteiger partial charge in [-0.2, -0.15) is 4.68 Å². The molecule has 0 aliphatic rings. The van der Waals surface area contributed by atoms with Gasteiger partial charge in [0, 0.05) is 5.92 Å². The maximum absolute atomic E-state index is 4.30. The molecule has 0 amide bonds. The zero-order chi connectivity index (χ0) is 10.8. The van der Waals surface area contributed by atoms with Crippen molar-refractivity contribution in [3.8, 4) is 5.82 Å². The van der Waals surface area contributed by atoms with Gasteiger partial charge in [-0.1, -0.05) is 19.9 Å². The largest absolute Gasteiger partial charge is 0.222 e. The highest BCUT2D eigenvalue weighted by Crippen LogP contribution is 2.15. The first kappa shape index (κ1) is 10.2. The zero-order valence-corrected chi connectivity index (χ0v) is 10.0. The number of halogens is 1. The standard InChI is InChI=1S/C9H10BrN5/c1-6(2)9-12-13-14-15(9)8-5-3-4-7(10)11-8/h3-6H,1-2H3. The smallest absolute Gasteiger partial charge is 0.161 e. The molecule has 0 bridgehead atoms. The first-order valence-corrected chi connectivity index (χ1v) is 5.39. The van der Waals surface area contributed by atoms with Crippen molar-refractivity contribution in [2.45, 2.75) is 19.8 Å². The molecular weight excluding hydrogens is 258 g/mol. The molecule has 0 radical (unpaired) electrons. The summed E-state index contributed by atoms with van der Waals surface area (Å²) in [5, 5.41) is 11.5. The number of nitrogens with zero attached hydrogens (tertiary/aromatic N) is 5. The molecule has 5 nitrogen and oxygen atoms in total. The second kappa shape index (κ2) is 4.06. The van der Waals surface area contributed by atoms with Crippen LogP contribution in [0.3, 0.4) is 0 Å². The normalized spacial score (nSPS) is 10.9. The van der Waals surface area contributed by atoms with E-state index in [1.165, 1.54) is 0 Å². The molecule has 2 heterocycles. The molecule has 0 unspecified atom stereocenters. The molecule has 6 heteroatoms. The van der Waals surface area contributed by atoms with E-state index in [1.807, 2.05) is 32.0 Å². The molecule has 2 rings (SSSR count). The second-order valence-corrected chi connectivity index (χ2v) is 4.23. The van der Waals surface area contributed by atoms with Crippen LogP contribution in [0.2, 0.25) is 0 Å². The number of rotatable bonds is 2. The molecule has 0 atom stereocenters.